The molecular weight excluding hydrogens is 387 g/mol. The van der Waals surface area contributed by atoms with Gasteiger partial charge in [-0.3, -0.25) is 0 Å². The number of aryl methyl sites for hydroxylation is 1. The standard InChI is InChI=1S/C17H22F3NO5S/c1-2-3-9-25-16(22)21-14-6-4-5-12-7-8-15(11-13(12)10-14)26-27(23,24)17(18,19)20/h7-8,11,14H,2-6,9-10H2,1H3,(H,21,22). The molecule has 27 heavy (non-hydrogen) atoms. The van der Waals surface area contributed by atoms with E-state index in [0.29, 0.717) is 31.4 Å². The molecule has 2 rings (SSSR count). The number of hydrogen-bond acceptors (Lipinski definition) is 5. The Morgan fingerprint density at radius 1 is 1.30 bits per heavy atom. The molecule has 0 heterocycles. The number of hydrogen-bond donors (Lipinski definition) is 1. The normalized spacial score (nSPS) is 17.6. The maximum Gasteiger partial charge on any atom is 0.534 e. The van der Waals surface area contributed by atoms with Gasteiger partial charge in [0.25, 0.3) is 0 Å². The number of amides is 1. The van der Waals surface area contributed by atoms with Crippen LogP contribution in [0.2, 0.25) is 0 Å². The Morgan fingerprint density at radius 3 is 2.70 bits per heavy atom. The van der Waals surface area contributed by atoms with E-state index in [4.69, 9.17) is 4.74 Å². The largest absolute Gasteiger partial charge is 0.534 e. The Bertz CT molecular complexity index is 764. The molecule has 0 saturated heterocycles. The van der Waals surface area contributed by atoms with E-state index < -0.39 is 27.5 Å². The first kappa shape index (κ1) is 21.3. The van der Waals surface area contributed by atoms with E-state index in [-0.39, 0.29) is 6.04 Å². The number of rotatable bonds is 6. The summed E-state index contributed by atoms with van der Waals surface area (Å²) in [5.41, 5.74) is -3.97. The van der Waals surface area contributed by atoms with Gasteiger partial charge in [-0.1, -0.05) is 19.4 Å². The van der Waals surface area contributed by atoms with Crippen molar-refractivity contribution in [3.8, 4) is 5.75 Å². The van der Waals surface area contributed by atoms with Crippen molar-refractivity contribution < 1.29 is 35.3 Å². The van der Waals surface area contributed by atoms with E-state index in [9.17, 15) is 26.4 Å². The fraction of sp³-hybridized carbons (Fsp3) is 0.588. The SMILES string of the molecule is CCCCOC(=O)NC1CCCc2ccc(OS(=O)(=O)C(F)(F)F)cc2C1. The minimum absolute atomic E-state index is 0.255. The molecule has 0 bridgehead atoms. The zero-order valence-corrected chi connectivity index (χ0v) is 15.7. The highest BCUT2D eigenvalue weighted by atomic mass is 32.2. The van der Waals surface area contributed by atoms with Gasteiger partial charge in [-0.25, -0.2) is 4.79 Å². The molecule has 0 aromatic heterocycles. The fourth-order valence-electron chi connectivity index (χ4n) is 2.81. The average Bonchev–Trinajstić information content (AvgIpc) is 2.74. The molecule has 1 aromatic carbocycles. The van der Waals surface area contributed by atoms with Crippen molar-refractivity contribution in [3.05, 3.63) is 29.3 Å². The molecule has 1 amide bonds. The fourth-order valence-corrected chi connectivity index (χ4v) is 3.26. The molecule has 1 unspecified atom stereocenters. The summed E-state index contributed by atoms with van der Waals surface area (Å²) in [5, 5.41) is 2.75. The lowest BCUT2D eigenvalue weighted by atomic mass is 10.0. The zero-order valence-electron chi connectivity index (χ0n) is 14.8. The number of fused-ring (bicyclic) bond motifs is 1. The first-order valence-corrected chi connectivity index (χ1v) is 10.1. The van der Waals surface area contributed by atoms with Crippen molar-refractivity contribution in [2.45, 2.75) is 57.0 Å². The molecule has 1 atom stereocenters. The van der Waals surface area contributed by atoms with Gasteiger partial charge in [0.05, 0.1) is 6.61 Å². The minimum atomic E-state index is -5.72. The number of benzene rings is 1. The van der Waals surface area contributed by atoms with Crippen LogP contribution < -0.4 is 9.50 Å². The lowest BCUT2D eigenvalue weighted by molar-refractivity contribution is -0.0500. The molecule has 0 spiro atoms. The smallest absolute Gasteiger partial charge is 0.450 e. The summed E-state index contributed by atoms with van der Waals surface area (Å²) in [6.45, 7) is 2.29. The molecule has 0 saturated carbocycles. The summed E-state index contributed by atoms with van der Waals surface area (Å²) >= 11 is 0. The van der Waals surface area contributed by atoms with Crippen molar-refractivity contribution in [2.75, 3.05) is 6.61 Å². The highest BCUT2D eigenvalue weighted by Crippen LogP contribution is 2.30. The van der Waals surface area contributed by atoms with Crippen LogP contribution in [0.1, 0.15) is 43.7 Å². The number of alkyl carbamates (subject to hydrolysis) is 1. The van der Waals surface area contributed by atoms with Crippen LogP contribution >= 0.6 is 0 Å². The van der Waals surface area contributed by atoms with Crippen LogP contribution in [0.3, 0.4) is 0 Å². The topological polar surface area (TPSA) is 81.7 Å². The summed E-state index contributed by atoms with van der Waals surface area (Å²) in [6.07, 6.45) is 3.58. The van der Waals surface area contributed by atoms with Gasteiger partial charge < -0.3 is 14.2 Å². The van der Waals surface area contributed by atoms with Crippen molar-refractivity contribution in [1.82, 2.24) is 5.32 Å². The molecule has 0 aliphatic heterocycles. The minimum Gasteiger partial charge on any atom is -0.450 e. The number of carbonyl (C=O) groups excluding carboxylic acids is 1. The first-order chi connectivity index (χ1) is 12.6. The molecule has 152 valence electrons. The highest BCUT2D eigenvalue weighted by molar-refractivity contribution is 7.88. The molecule has 0 fully saturated rings. The average molecular weight is 409 g/mol. The summed E-state index contributed by atoms with van der Waals surface area (Å²) in [7, 11) is -5.72. The van der Waals surface area contributed by atoms with Crippen LogP contribution in [0.25, 0.3) is 0 Å². The predicted octanol–water partition coefficient (Wildman–Crippen LogP) is 3.69. The van der Waals surface area contributed by atoms with E-state index in [1.807, 2.05) is 6.92 Å². The quantitative estimate of drug-likeness (QED) is 0.335. The van der Waals surface area contributed by atoms with Gasteiger partial charge in [-0.15, -0.1) is 0 Å². The third-order valence-corrected chi connectivity index (χ3v) is 5.16. The van der Waals surface area contributed by atoms with Crippen molar-refractivity contribution in [3.63, 3.8) is 0 Å². The number of unbranched alkanes of at least 4 members (excludes halogenated alkanes) is 1. The van der Waals surface area contributed by atoms with Gasteiger partial charge in [0, 0.05) is 6.04 Å². The monoisotopic (exact) mass is 409 g/mol. The summed E-state index contributed by atoms with van der Waals surface area (Å²) in [6, 6.07) is 3.78. The molecule has 10 heteroatoms. The number of nitrogens with one attached hydrogen (secondary N) is 1. The second-order valence-corrected chi connectivity index (χ2v) is 7.88. The third-order valence-electron chi connectivity index (χ3n) is 4.19. The number of halogens is 3. The van der Waals surface area contributed by atoms with Crippen LogP contribution in [0, 0.1) is 0 Å². The summed E-state index contributed by atoms with van der Waals surface area (Å²) < 4.78 is 69.0. The maximum absolute atomic E-state index is 12.5. The molecule has 6 nitrogen and oxygen atoms in total. The van der Waals surface area contributed by atoms with E-state index in [1.54, 1.807) is 6.07 Å². The third kappa shape index (κ3) is 6.02. The Hall–Kier alpha value is -1.97. The Balaban J connectivity index is 2.08. The molecule has 1 N–H and O–H groups in total. The van der Waals surface area contributed by atoms with Gasteiger partial charge in [0.2, 0.25) is 0 Å². The van der Waals surface area contributed by atoms with Gasteiger partial charge in [0.1, 0.15) is 5.75 Å². The molecule has 0 radical (unpaired) electrons. The maximum atomic E-state index is 12.5. The Morgan fingerprint density at radius 2 is 2.04 bits per heavy atom. The van der Waals surface area contributed by atoms with E-state index in [0.717, 1.165) is 24.8 Å². The molecule has 1 aliphatic carbocycles. The summed E-state index contributed by atoms with van der Waals surface area (Å²) in [4.78, 5) is 11.8. The zero-order chi connectivity index (χ0) is 20.1. The second-order valence-electron chi connectivity index (χ2n) is 6.34. The molecule has 1 aromatic rings. The van der Waals surface area contributed by atoms with Gasteiger partial charge in [-0.2, -0.15) is 21.6 Å². The van der Waals surface area contributed by atoms with Crippen molar-refractivity contribution >= 4 is 16.2 Å². The van der Waals surface area contributed by atoms with Crippen molar-refractivity contribution in [1.29, 1.82) is 0 Å². The van der Waals surface area contributed by atoms with Crippen LogP contribution in [-0.2, 0) is 27.7 Å². The van der Waals surface area contributed by atoms with Gasteiger partial charge in [-0.05, 0) is 55.4 Å². The molecular formula is C17H22F3NO5S. The van der Waals surface area contributed by atoms with Crippen LogP contribution in [-0.4, -0.2) is 32.7 Å². The Labute approximate surface area is 156 Å². The molecule has 1 aliphatic rings. The number of carbonyl (C=O) groups is 1. The van der Waals surface area contributed by atoms with Crippen LogP contribution in [0.4, 0.5) is 18.0 Å². The first-order valence-electron chi connectivity index (χ1n) is 8.68. The predicted molar refractivity (Wildman–Crippen MR) is 91.9 cm³/mol. The van der Waals surface area contributed by atoms with Gasteiger partial charge >= 0.3 is 21.7 Å². The van der Waals surface area contributed by atoms with Crippen LogP contribution in [0.5, 0.6) is 5.75 Å². The summed E-state index contributed by atoms with van der Waals surface area (Å²) in [5.74, 6) is -0.405. The van der Waals surface area contributed by atoms with Crippen molar-refractivity contribution in [2.24, 2.45) is 0 Å². The van der Waals surface area contributed by atoms with E-state index in [2.05, 4.69) is 9.50 Å². The highest BCUT2D eigenvalue weighted by Gasteiger charge is 2.48. The second kappa shape index (κ2) is 8.81. The van der Waals surface area contributed by atoms with Crippen LogP contribution in [0.15, 0.2) is 18.2 Å². The lowest BCUT2D eigenvalue weighted by Crippen LogP contribution is -2.36. The number of alkyl halides is 3. The number of ether oxygens (including phenoxy) is 1. The van der Waals surface area contributed by atoms with E-state index in [1.165, 1.54) is 12.1 Å². The van der Waals surface area contributed by atoms with Gasteiger partial charge in [0.15, 0.2) is 0 Å². The Kier molecular flexibility index (Phi) is 6.96. The van der Waals surface area contributed by atoms with E-state index >= 15 is 0 Å². The lowest BCUT2D eigenvalue weighted by Gasteiger charge is -2.17.